The van der Waals surface area contributed by atoms with Crippen LogP contribution >= 0.6 is 0 Å². The molecule has 1 atom stereocenters. The fraction of sp³-hybridized carbons (Fsp3) is 0.750. The average molecular weight is 360 g/mol. The van der Waals surface area contributed by atoms with Crippen LogP contribution in [0.1, 0.15) is 29.5 Å². The normalized spacial score (nSPS) is 26.6. The minimum atomic E-state index is -4.98. The summed E-state index contributed by atoms with van der Waals surface area (Å²) in [5.74, 6) is -4.38. The molecule has 1 aliphatic heterocycles. The van der Waals surface area contributed by atoms with Crippen LogP contribution in [0.3, 0.4) is 0 Å². The van der Waals surface area contributed by atoms with E-state index in [1.54, 1.807) is 0 Å². The fourth-order valence-electron chi connectivity index (χ4n) is 3.07. The Balaban J connectivity index is 2.00. The van der Waals surface area contributed by atoms with Gasteiger partial charge in [-0.3, -0.25) is 4.68 Å². The lowest BCUT2D eigenvalue weighted by atomic mass is 9.89. The lowest BCUT2D eigenvalue weighted by Gasteiger charge is -2.30. The first-order valence-electron chi connectivity index (χ1n) is 6.84. The van der Waals surface area contributed by atoms with E-state index in [1.807, 2.05) is 0 Å². The van der Waals surface area contributed by atoms with E-state index in [0.29, 0.717) is 0 Å². The molecule has 1 fully saturated rings. The van der Waals surface area contributed by atoms with Crippen LogP contribution < -0.4 is 0 Å². The highest BCUT2D eigenvalue weighted by Crippen LogP contribution is 2.46. The van der Waals surface area contributed by atoms with Crippen LogP contribution in [0, 0.1) is 5.92 Å². The van der Waals surface area contributed by atoms with Gasteiger partial charge in [0.1, 0.15) is 6.10 Å². The number of hydrogen-bond acceptors (Lipinski definition) is 4. The number of fused-ring (bicyclic) bond motifs is 1. The summed E-state index contributed by atoms with van der Waals surface area (Å²) in [6.45, 7) is -0.101. The van der Waals surface area contributed by atoms with E-state index in [4.69, 9.17) is 0 Å². The van der Waals surface area contributed by atoms with Gasteiger partial charge >= 0.3 is 6.18 Å². The summed E-state index contributed by atoms with van der Waals surface area (Å²) in [4.78, 5) is 0. The van der Waals surface area contributed by atoms with Crippen molar-refractivity contribution in [2.45, 2.75) is 37.6 Å². The second-order valence-corrected chi connectivity index (χ2v) is 8.15. The molecule has 1 saturated heterocycles. The van der Waals surface area contributed by atoms with Crippen molar-refractivity contribution < 1.29 is 35.5 Å². The molecule has 3 rings (SSSR count). The zero-order valence-electron chi connectivity index (χ0n) is 11.6. The molecule has 0 saturated carbocycles. The van der Waals surface area contributed by atoms with Gasteiger partial charge < -0.3 is 5.11 Å². The lowest BCUT2D eigenvalue weighted by Crippen LogP contribution is -2.39. The molecule has 2 heterocycles. The summed E-state index contributed by atoms with van der Waals surface area (Å²) in [6, 6.07) is 0. The molecule has 2 aliphatic rings. The number of halogens is 5. The summed E-state index contributed by atoms with van der Waals surface area (Å²) in [6.07, 6.45) is -8.69. The Morgan fingerprint density at radius 1 is 1.30 bits per heavy atom. The molecular formula is C12H13F5N2O3S. The second kappa shape index (κ2) is 4.88. The Morgan fingerprint density at radius 2 is 1.91 bits per heavy atom. The Hall–Kier alpha value is -1.23. The summed E-state index contributed by atoms with van der Waals surface area (Å²) in [7, 11) is -3.16. The van der Waals surface area contributed by atoms with Crippen LogP contribution in [0.4, 0.5) is 22.0 Å². The quantitative estimate of drug-likeness (QED) is 0.813. The van der Waals surface area contributed by atoms with Crippen molar-refractivity contribution in [3.05, 3.63) is 17.0 Å². The minimum Gasteiger partial charge on any atom is -0.382 e. The topological polar surface area (TPSA) is 72.2 Å². The Bertz CT molecular complexity index is 729. The number of sulfone groups is 1. The molecule has 23 heavy (non-hydrogen) atoms. The van der Waals surface area contributed by atoms with Gasteiger partial charge in [-0.2, -0.15) is 18.3 Å². The van der Waals surface area contributed by atoms with Crippen molar-refractivity contribution in [1.29, 1.82) is 0 Å². The summed E-state index contributed by atoms with van der Waals surface area (Å²) in [5.41, 5.74) is -2.52. The van der Waals surface area contributed by atoms with E-state index >= 15 is 0 Å². The molecule has 1 N–H and O–H groups in total. The van der Waals surface area contributed by atoms with Crippen molar-refractivity contribution >= 4 is 9.84 Å². The molecule has 1 aromatic rings. The number of alkyl halides is 5. The van der Waals surface area contributed by atoms with E-state index in [9.17, 15) is 35.5 Å². The van der Waals surface area contributed by atoms with Crippen molar-refractivity contribution in [1.82, 2.24) is 9.78 Å². The van der Waals surface area contributed by atoms with Crippen molar-refractivity contribution in [3.63, 3.8) is 0 Å². The third-order valence-electron chi connectivity index (χ3n) is 4.15. The van der Waals surface area contributed by atoms with Crippen molar-refractivity contribution in [2.24, 2.45) is 5.92 Å². The van der Waals surface area contributed by atoms with Crippen LogP contribution in [0.5, 0.6) is 0 Å². The summed E-state index contributed by atoms with van der Waals surface area (Å²) in [5, 5.41) is 13.0. The monoisotopic (exact) mass is 360 g/mol. The first-order chi connectivity index (χ1) is 10.4. The largest absolute Gasteiger partial charge is 0.435 e. The zero-order valence-corrected chi connectivity index (χ0v) is 12.5. The molecular weight excluding hydrogens is 347 g/mol. The number of aromatic nitrogens is 2. The first kappa shape index (κ1) is 16.6. The Kier molecular flexibility index (Phi) is 3.53. The highest BCUT2D eigenvalue weighted by molar-refractivity contribution is 7.92. The molecule has 0 radical (unpaired) electrons. The fourth-order valence-corrected chi connectivity index (χ4v) is 4.62. The molecule has 130 valence electrons. The van der Waals surface area contributed by atoms with E-state index in [2.05, 4.69) is 5.10 Å². The first-order valence-corrected chi connectivity index (χ1v) is 8.66. The molecule has 1 aromatic heterocycles. The summed E-state index contributed by atoms with van der Waals surface area (Å²) >= 11 is 0. The van der Waals surface area contributed by atoms with E-state index in [1.165, 1.54) is 0 Å². The Labute approximate surface area is 128 Å². The van der Waals surface area contributed by atoms with Gasteiger partial charge in [0.05, 0.1) is 11.5 Å². The van der Waals surface area contributed by atoms with Crippen LogP contribution in [0.15, 0.2) is 0 Å². The molecule has 0 amide bonds. The van der Waals surface area contributed by atoms with Crippen LogP contribution in [-0.4, -0.2) is 40.7 Å². The van der Waals surface area contributed by atoms with Gasteiger partial charge in [-0.1, -0.05) is 0 Å². The minimum absolute atomic E-state index is 0.0972. The molecule has 0 spiro atoms. The van der Waals surface area contributed by atoms with Gasteiger partial charge in [-0.25, -0.2) is 17.2 Å². The van der Waals surface area contributed by atoms with Crippen LogP contribution in [-0.2, 0) is 29.0 Å². The molecule has 0 unspecified atom stereocenters. The predicted molar refractivity (Wildman–Crippen MR) is 67.6 cm³/mol. The molecule has 1 aliphatic carbocycles. The molecule has 11 heteroatoms. The maximum absolute atomic E-state index is 13.6. The number of nitrogens with zero attached hydrogens (tertiary/aromatic N) is 2. The van der Waals surface area contributed by atoms with Crippen LogP contribution in [0.25, 0.3) is 0 Å². The van der Waals surface area contributed by atoms with Gasteiger partial charge in [0.25, 0.3) is 5.92 Å². The third kappa shape index (κ3) is 2.84. The van der Waals surface area contributed by atoms with Gasteiger partial charge in [0.2, 0.25) is 0 Å². The standard InChI is InChI=1S/C12H13F5N2O3S/c13-11(14)2-1-7-8(10(11)20)9(12(15,16)17)18-19(7)3-6-4-23(21,22)5-6/h6,10,20H,1-5H2/t10-/m0/s1. The average Bonchev–Trinajstić information content (AvgIpc) is 2.71. The number of aliphatic hydroxyl groups excluding tert-OH is 1. The molecule has 0 bridgehead atoms. The third-order valence-corrected chi connectivity index (χ3v) is 6.10. The Morgan fingerprint density at radius 3 is 2.43 bits per heavy atom. The van der Waals surface area contributed by atoms with Crippen molar-refractivity contribution in [3.8, 4) is 0 Å². The van der Waals surface area contributed by atoms with E-state index < -0.39 is 51.6 Å². The molecule has 5 nitrogen and oxygen atoms in total. The second-order valence-electron chi connectivity index (χ2n) is 6.00. The predicted octanol–water partition coefficient (Wildman–Crippen LogP) is 1.56. The van der Waals surface area contributed by atoms with E-state index in [-0.39, 0.29) is 30.2 Å². The van der Waals surface area contributed by atoms with Gasteiger partial charge in [0.15, 0.2) is 15.5 Å². The zero-order chi connectivity index (χ0) is 17.2. The van der Waals surface area contributed by atoms with Gasteiger partial charge in [-0.15, -0.1) is 0 Å². The maximum Gasteiger partial charge on any atom is 0.435 e. The van der Waals surface area contributed by atoms with Crippen molar-refractivity contribution in [2.75, 3.05) is 11.5 Å². The lowest BCUT2D eigenvalue weighted by molar-refractivity contribution is -0.150. The number of hydrogen-bond donors (Lipinski definition) is 1. The SMILES string of the molecule is O=S1(=O)CC(Cn2nc(C(F)(F)F)c3c2CCC(F)(F)[C@H]3O)C1. The van der Waals surface area contributed by atoms with Crippen LogP contribution in [0.2, 0.25) is 0 Å². The van der Waals surface area contributed by atoms with E-state index in [0.717, 1.165) is 4.68 Å². The smallest absolute Gasteiger partial charge is 0.382 e. The van der Waals surface area contributed by atoms with Gasteiger partial charge in [-0.05, 0) is 6.42 Å². The number of aliphatic hydroxyl groups is 1. The summed E-state index contributed by atoms with van der Waals surface area (Å²) < 4.78 is 89.4. The molecule has 0 aromatic carbocycles. The highest BCUT2D eigenvalue weighted by atomic mass is 32.2. The van der Waals surface area contributed by atoms with Gasteiger partial charge in [0, 0.05) is 30.1 Å². The highest BCUT2D eigenvalue weighted by Gasteiger charge is 2.51. The number of rotatable bonds is 2. The maximum atomic E-state index is 13.6.